The summed E-state index contributed by atoms with van der Waals surface area (Å²) in [7, 11) is 3.89. The quantitative estimate of drug-likeness (QED) is 0.0930. The van der Waals surface area contributed by atoms with Crippen LogP contribution in [0.25, 0.3) is 0 Å². The molecular formula is C40H32Cl2FN5O5. The summed E-state index contributed by atoms with van der Waals surface area (Å²) in [6.45, 7) is 0. The van der Waals surface area contributed by atoms with Gasteiger partial charge in [0.1, 0.15) is 11.6 Å². The normalized spacial score (nSPS) is 27.9. The molecule has 0 unspecified atom stereocenters. The van der Waals surface area contributed by atoms with Gasteiger partial charge < -0.3 is 10.0 Å². The highest BCUT2D eigenvalue weighted by molar-refractivity contribution is 6.58. The molecule has 2 heterocycles. The van der Waals surface area contributed by atoms with E-state index in [-0.39, 0.29) is 29.8 Å². The maximum Gasteiger partial charge on any atom is 0.258 e. The smallest absolute Gasteiger partial charge is 0.258 e. The third kappa shape index (κ3) is 5.20. The van der Waals surface area contributed by atoms with Crippen LogP contribution in [0.5, 0.6) is 5.75 Å². The van der Waals surface area contributed by atoms with Gasteiger partial charge in [-0.1, -0.05) is 29.8 Å². The van der Waals surface area contributed by atoms with Gasteiger partial charge in [-0.25, -0.2) is 9.29 Å². The van der Waals surface area contributed by atoms with Crippen molar-refractivity contribution in [3.63, 3.8) is 0 Å². The molecule has 1 saturated carbocycles. The Kier molecular flexibility index (Phi) is 8.27. The number of hydrogen-bond donors (Lipinski definition) is 1. The second-order valence-corrected chi connectivity index (χ2v) is 15.2. The van der Waals surface area contributed by atoms with Gasteiger partial charge in [0.25, 0.3) is 11.8 Å². The molecule has 13 heteroatoms. The molecule has 4 aliphatic rings. The van der Waals surface area contributed by atoms with Crippen LogP contribution in [0.15, 0.2) is 119 Å². The Labute approximate surface area is 314 Å². The van der Waals surface area contributed by atoms with Gasteiger partial charge >= 0.3 is 0 Å². The number of azo groups is 1. The van der Waals surface area contributed by atoms with Crippen molar-refractivity contribution in [2.45, 2.75) is 28.5 Å². The van der Waals surface area contributed by atoms with Crippen LogP contribution >= 0.6 is 23.2 Å². The number of aromatic hydroxyl groups is 1. The van der Waals surface area contributed by atoms with Gasteiger partial charge in [-0.2, -0.15) is 10.2 Å². The number of anilines is 3. The number of rotatable bonds is 6. The molecule has 4 aromatic carbocycles. The minimum absolute atomic E-state index is 0.0743. The van der Waals surface area contributed by atoms with Gasteiger partial charge in [0.15, 0.2) is 9.75 Å². The number of hydrogen-bond acceptors (Lipinski definition) is 8. The Balaban J connectivity index is 1.14. The van der Waals surface area contributed by atoms with E-state index in [1.807, 2.05) is 43.3 Å². The summed E-state index contributed by atoms with van der Waals surface area (Å²) in [5, 5.41) is 19.7. The average molecular weight is 753 g/mol. The van der Waals surface area contributed by atoms with Crippen molar-refractivity contribution < 1.29 is 28.7 Å². The van der Waals surface area contributed by atoms with Crippen LogP contribution in [0.3, 0.4) is 0 Å². The molecule has 268 valence electrons. The highest BCUT2D eigenvalue weighted by atomic mass is 35.5. The Morgan fingerprint density at radius 3 is 1.96 bits per heavy atom. The van der Waals surface area contributed by atoms with Gasteiger partial charge in [-0.3, -0.25) is 24.1 Å². The summed E-state index contributed by atoms with van der Waals surface area (Å²) in [5.41, 5.74) is 3.41. The molecule has 8 rings (SSSR count). The molecule has 0 radical (unpaired) electrons. The van der Waals surface area contributed by atoms with Gasteiger partial charge in [-0.05, 0) is 97.6 Å². The van der Waals surface area contributed by atoms with E-state index in [0.29, 0.717) is 22.6 Å². The molecule has 4 aromatic rings. The fourth-order valence-corrected chi connectivity index (χ4v) is 9.26. The number of carbonyl (C=O) groups is 4. The second kappa shape index (κ2) is 12.6. The topological polar surface area (TPSA) is 123 Å². The number of amides is 4. The summed E-state index contributed by atoms with van der Waals surface area (Å²) in [6.07, 6.45) is 1.72. The fraction of sp³-hybridized carbons (Fsp3) is 0.250. The van der Waals surface area contributed by atoms with Gasteiger partial charge in [0.2, 0.25) is 11.8 Å². The van der Waals surface area contributed by atoms with Crippen molar-refractivity contribution in [2.75, 3.05) is 28.8 Å². The van der Waals surface area contributed by atoms with Gasteiger partial charge in [0, 0.05) is 31.3 Å². The van der Waals surface area contributed by atoms with E-state index in [1.165, 1.54) is 18.2 Å². The third-order valence-corrected chi connectivity index (χ3v) is 12.3. The maximum absolute atomic E-state index is 14.4. The van der Waals surface area contributed by atoms with E-state index >= 15 is 0 Å². The van der Waals surface area contributed by atoms with Crippen molar-refractivity contribution in [1.29, 1.82) is 0 Å². The first-order valence-electron chi connectivity index (χ1n) is 17.0. The number of carbonyl (C=O) groups excluding carboxylic acids is 4. The molecular weight excluding hydrogens is 720 g/mol. The summed E-state index contributed by atoms with van der Waals surface area (Å²) < 4.78 is 13.9. The Hall–Kier alpha value is -5.39. The molecule has 1 N–H and O–H groups in total. The van der Waals surface area contributed by atoms with Crippen LogP contribution in [0.2, 0.25) is 0 Å². The monoisotopic (exact) mass is 751 g/mol. The zero-order chi connectivity index (χ0) is 37.4. The van der Waals surface area contributed by atoms with Crippen LogP contribution in [-0.4, -0.2) is 52.6 Å². The van der Waals surface area contributed by atoms with Crippen molar-refractivity contribution in [3.8, 4) is 5.75 Å². The average Bonchev–Trinajstić information content (AvgIpc) is 3.49. The lowest BCUT2D eigenvalue weighted by Crippen LogP contribution is -2.60. The summed E-state index contributed by atoms with van der Waals surface area (Å²) >= 11 is 14.7. The highest BCUT2D eigenvalue weighted by Crippen LogP contribution is 2.66. The molecule has 0 spiro atoms. The molecule has 2 aliphatic heterocycles. The minimum Gasteiger partial charge on any atom is -0.508 e. The zero-order valence-corrected chi connectivity index (χ0v) is 30.0. The number of phenols is 1. The lowest BCUT2D eigenvalue weighted by Gasteiger charge is -2.50. The Morgan fingerprint density at radius 2 is 1.34 bits per heavy atom. The standard InChI is InChI=1S/C40H32Cl2FN5O5/c1-46(2)25-15-9-23(10-16-25)44-45-24-11-17-26(18-12-24)47-35(50)30-20-19-28-31(33(30)36(47)51)21-39(41)37(52)48(27-13-7-22(43)8-14-27)38(53)40(39,42)34(28)29-5-3-4-6-32(29)49/h3-19,30-31,33-34,49H,20-21H2,1-2H3/t30-,31+,33-,34+,39+,40-/m0/s1. The molecule has 6 atom stereocenters. The van der Waals surface area contributed by atoms with E-state index in [0.717, 1.165) is 27.6 Å². The van der Waals surface area contributed by atoms with Crippen LogP contribution in [-0.2, 0) is 19.2 Å². The first kappa shape index (κ1) is 34.7. The van der Waals surface area contributed by atoms with Crippen molar-refractivity contribution in [3.05, 3.63) is 120 Å². The maximum atomic E-state index is 14.4. The minimum atomic E-state index is -2.14. The molecule has 53 heavy (non-hydrogen) atoms. The predicted molar refractivity (Wildman–Crippen MR) is 199 cm³/mol. The number of phenolic OH excluding ortho intramolecular Hbond substituents is 1. The SMILES string of the molecule is CN(C)c1ccc(N=Nc2ccc(N3C(=O)[C@H]4[C@H](CC=C5[C@H]4C[C@@]4(Cl)C(=O)N(c6ccc(F)cc6)C(=O)[C@@]4(Cl)[C@H]5c4ccccc4O)C3=O)cc2)cc1. The highest BCUT2D eigenvalue weighted by Gasteiger charge is 2.77. The number of allylic oxidation sites excluding steroid dienone is 2. The largest absolute Gasteiger partial charge is 0.508 e. The predicted octanol–water partition coefficient (Wildman–Crippen LogP) is 7.78. The summed E-state index contributed by atoms with van der Waals surface area (Å²) in [5.74, 6) is -6.94. The van der Waals surface area contributed by atoms with E-state index in [4.69, 9.17) is 23.2 Å². The molecule has 3 fully saturated rings. The molecule has 0 bridgehead atoms. The van der Waals surface area contributed by atoms with Crippen LogP contribution < -0.4 is 14.7 Å². The second-order valence-electron chi connectivity index (χ2n) is 13.9. The van der Waals surface area contributed by atoms with E-state index in [2.05, 4.69) is 10.2 Å². The number of para-hydroxylation sites is 1. The van der Waals surface area contributed by atoms with Crippen molar-refractivity contribution >= 4 is 75.3 Å². The molecule has 4 amide bonds. The van der Waals surface area contributed by atoms with Crippen LogP contribution in [0.1, 0.15) is 24.3 Å². The van der Waals surface area contributed by atoms with Crippen molar-refractivity contribution in [1.82, 2.24) is 0 Å². The number of halogens is 3. The Bertz CT molecular complexity index is 2250. The first-order chi connectivity index (χ1) is 25.3. The molecule has 2 aliphatic carbocycles. The molecule has 2 saturated heterocycles. The lowest BCUT2D eigenvalue weighted by molar-refractivity contribution is -0.125. The number of fused-ring (bicyclic) bond motifs is 4. The van der Waals surface area contributed by atoms with Gasteiger partial charge in [-0.15, -0.1) is 23.2 Å². The fourth-order valence-electron chi connectivity index (χ4n) is 8.33. The van der Waals surface area contributed by atoms with Crippen molar-refractivity contribution in [2.24, 2.45) is 28.0 Å². The lowest BCUT2D eigenvalue weighted by atomic mass is 9.56. The zero-order valence-electron chi connectivity index (χ0n) is 28.5. The van der Waals surface area contributed by atoms with Crippen LogP contribution in [0.4, 0.5) is 32.8 Å². The number of alkyl halides is 2. The van der Waals surface area contributed by atoms with E-state index in [1.54, 1.807) is 48.5 Å². The molecule has 10 nitrogen and oxygen atoms in total. The summed E-state index contributed by atoms with van der Waals surface area (Å²) in [4.78, 5) is 57.0. The number of nitrogens with zero attached hydrogens (tertiary/aromatic N) is 5. The van der Waals surface area contributed by atoms with Gasteiger partial charge in [0.05, 0.1) is 34.6 Å². The Morgan fingerprint density at radius 1 is 0.755 bits per heavy atom. The number of benzene rings is 4. The first-order valence-corrected chi connectivity index (χ1v) is 17.8. The van der Waals surface area contributed by atoms with E-state index in [9.17, 15) is 28.7 Å². The van der Waals surface area contributed by atoms with E-state index < -0.39 is 62.9 Å². The van der Waals surface area contributed by atoms with Crippen LogP contribution in [0, 0.1) is 23.6 Å². The molecule has 0 aromatic heterocycles. The summed E-state index contributed by atoms with van der Waals surface area (Å²) in [6, 6.07) is 25.3. The third-order valence-electron chi connectivity index (χ3n) is 10.9. The number of imide groups is 2.